The molecule has 0 aromatic heterocycles. The van der Waals surface area contributed by atoms with Gasteiger partial charge in [-0.1, -0.05) is 0 Å². The summed E-state index contributed by atoms with van der Waals surface area (Å²) in [5.74, 6) is 0. The maximum Gasteiger partial charge on any atom is 0.119 e. The fraction of sp³-hybridized carbons (Fsp3) is 1.00. The maximum absolute atomic E-state index is 13.2. The predicted octanol–water partition coefficient (Wildman–Crippen LogP) is 1.06. The average Bonchev–Trinajstić information content (AvgIpc) is 2.17. The molecule has 0 bridgehead atoms. The molecule has 0 amide bonds. The van der Waals surface area contributed by atoms with Crippen molar-refractivity contribution in [1.29, 1.82) is 0 Å². The Morgan fingerprint density at radius 3 is 2.64 bits per heavy atom. The van der Waals surface area contributed by atoms with Gasteiger partial charge in [-0.05, 0) is 20.4 Å². The van der Waals surface area contributed by atoms with Gasteiger partial charge in [-0.25, -0.2) is 4.39 Å². The van der Waals surface area contributed by atoms with Crippen LogP contribution in [0.4, 0.5) is 4.39 Å². The van der Waals surface area contributed by atoms with Crippen LogP contribution in [0.2, 0.25) is 0 Å². The summed E-state index contributed by atoms with van der Waals surface area (Å²) in [6, 6.07) is 0.320. The van der Waals surface area contributed by atoms with Gasteiger partial charge in [0.05, 0.1) is 12.6 Å². The van der Waals surface area contributed by atoms with E-state index in [-0.39, 0.29) is 6.04 Å². The van der Waals surface area contributed by atoms with Crippen LogP contribution in [-0.2, 0) is 4.74 Å². The normalized spacial score (nSPS) is 39.8. The number of likely N-dealkylation sites (tertiary alicyclic amines) is 1. The van der Waals surface area contributed by atoms with Gasteiger partial charge in [-0.15, -0.1) is 0 Å². The lowest BCUT2D eigenvalue weighted by atomic mass is 10.2. The van der Waals surface area contributed by atoms with E-state index in [0.717, 1.165) is 0 Å². The van der Waals surface area contributed by atoms with Crippen LogP contribution in [-0.4, -0.2) is 43.9 Å². The molecule has 11 heavy (non-hydrogen) atoms. The highest BCUT2D eigenvalue weighted by molar-refractivity contribution is 4.90. The van der Waals surface area contributed by atoms with E-state index in [9.17, 15) is 4.39 Å². The zero-order valence-electron chi connectivity index (χ0n) is 7.38. The molecule has 0 spiro atoms. The van der Waals surface area contributed by atoms with Gasteiger partial charge >= 0.3 is 0 Å². The fourth-order valence-electron chi connectivity index (χ4n) is 1.62. The number of methoxy groups -OCH3 is 1. The largest absolute Gasteiger partial charge is 0.383 e. The number of likely N-dealkylation sites (N-methyl/N-ethyl adjacent to an activating group) is 1. The Morgan fingerprint density at radius 1 is 1.64 bits per heavy atom. The Morgan fingerprint density at radius 2 is 2.27 bits per heavy atom. The SMILES string of the molecule is COC[C@H]1[C@H](F)C[C@@H](C)N1C. The molecule has 2 nitrogen and oxygen atoms in total. The van der Waals surface area contributed by atoms with Crippen LogP contribution in [0.3, 0.4) is 0 Å². The summed E-state index contributed by atoms with van der Waals surface area (Å²) < 4.78 is 18.1. The van der Waals surface area contributed by atoms with Crippen LogP contribution < -0.4 is 0 Å². The van der Waals surface area contributed by atoms with Gasteiger partial charge in [0.2, 0.25) is 0 Å². The third kappa shape index (κ3) is 1.71. The topological polar surface area (TPSA) is 12.5 Å². The number of rotatable bonds is 2. The van der Waals surface area contributed by atoms with Crippen molar-refractivity contribution in [3.63, 3.8) is 0 Å². The second kappa shape index (κ2) is 3.50. The fourth-order valence-corrected chi connectivity index (χ4v) is 1.62. The van der Waals surface area contributed by atoms with Crippen molar-refractivity contribution in [2.45, 2.75) is 31.6 Å². The summed E-state index contributed by atoms with van der Waals surface area (Å²) in [5, 5.41) is 0. The number of hydrogen-bond acceptors (Lipinski definition) is 2. The number of alkyl halides is 1. The maximum atomic E-state index is 13.2. The number of halogens is 1. The molecule has 0 radical (unpaired) electrons. The molecule has 1 saturated heterocycles. The minimum atomic E-state index is -0.713. The number of ether oxygens (including phenoxy) is 1. The lowest BCUT2D eigenvalue weighted by Gasteiger charge is -2.22. The second-order valence-electron chi connectivity index (χ2n) is 3.29. The average molecular weight is 161 g/mol. The first-order valence-corrected chi connectivity index (χ1v) is 4.01. The van der Waals surface area contributed by atoms with Crippen molar-refractivity contribution in [2.75, 3.05) is 20.8 Å². The summed E-state index contributed by atoms with van der Waals surface area (Å²) in [6.07, 6.45) is -0.0696. The van der Waals surface area contributed by atoms with Gasteiger partial charge in [0.25, 0.3) is 0 Å². The van der Waals surface area contributed by atoms with Crippen molar-refractivity contribution >= 4 is 0 Å². The molecule has 0 N–H and O–H groups in total. The molecule has 66 valence electrons. The van der Waals surface area contributed by atoms with E-state index in [1.165, 1.54) is 0 Å². The first kappa shape index (κ1) is 8.94. The molecule has 0 saturated carbocycles. The zero-order valence-corrected chi connectivity index (χ0v) is 7.38. The van der Waals surface area contributed by atoms with E-state index in [4.69, 9.17) is 4.74 Å². The van der Waals surface area contributed by atoms with Crippen LogP contribution in [0.5, 0.6) is 0 Å². The third-order valence-corrected chi connectivity index (χ3v) is 2.54. The van der Waals surface area contributed by atoms with E-state index in [0.29, 0.717) is 19.1 Å². The molecule has 3 atom stereocenters. The van der Waals surface area contributed by atoms with Crippen molar-refractivity contribution in [3.05, 3.63) is 0 Å². The van der Waals surface area contributed by atoms with Crippen molar-refractivity contribution in [2.24, 2.45) is 0 Å². The van der Waals surface area contributed by atoms with E-state index < -0.39 is 6.17 Å². The molecule has 3 heteroatoms. The second-order valence-corrected chi connectivity index (χ2v) is 3.29. The summed E-state index contributed by atoms with van der Waals surface area (Å²) in [5.41, 5.74) is 0. The lowest BCUT2D eigenvalue weighted by molar-refractivity contribution is 0.0896. The Hall–Kier alpha value is -0.150. The van der Waals surface area contributed by atoms with Crippen LogP contribution in [0.15, 0.2) is 0 Å². The first-order chi connectivity index (χ1) is 5.16. The van der Waals surface area contributed by atoms with Crippen molar-refractivity contribution in [3.8, 4) is 0 Å². The molecule has 0 unspecified atom stereocenters. The van der Waals surface area contributed by atoms with Gasteiger partial charge in [-0.2, -0.15) is 0 Å². The van der Waals surface area contributed by atoms with Gasteiger partial charge in [0.15, 0.2) is 0 Å². The predicted molar refractivity (Wildman–Crippen MR) is 42.4 cm³/mol. The minimum Gasteiger partial charge on any atom is -0.383 e. The quantitative estimate of drug-likeness (QED) is 0.600. The molecule has 1 aliphatic heterocycles. The lowest BCUT2D eigenvalue weighted by Crippen LogP contribution is -2.36. The number of nitrogens with zero attached hydrogens (tertiary/aromatic N) is 1. The zero-order chi connectivity index (χ0) is 8.43. The highest BCUT2D eigenvalue weighted by Crippen LogP contribution is 2.24. The molecule has 0 aromatic rings. The monoisotopic (exact) mass is 161 g/mol. The first-order valence-electron chi connectivity index (χ1n) is 4.01. The van der Waals surface area contributed by atoms with E-state index in [1.54, 1.807) is 7.11 Å². The molecular weight excluding hydrogens is 145 g/mol. The van der Waals surface area contributed by atoms with E-state index in [1.807, 2.05) is 18.9 Å². The van der Waals surface area contributed by atoms with E-state index in [2.05, 4.69) is 0 Å². The van der Waals surface area contributed by atoms with E-state index >= 15 is 0 Å². The molecule has 0 aromatic carbocycles. The molecule has 1 aliphatic rings. The third-order valence-electron chi connectivity index (χ3n) is 2.54. The van der Waals surface area contributed by atoms with Crippen LogP contribution in [0.1, 0.15) is 13.3 Å². The molecule has 0 aliphatic carbocycles. The highest BCUT2D eigenvalue weighted by Gasteiger charge is 2.36. The van der Waals surface area contributed by atoms with Crippen LogP contribution in [0.25, 0.3) is 0 Å². The number of hydrogen-bond donors (Lipinski definition) is 0. The van der Waals surface area contributed by atoms with Crippen LogP contribution >= 0.6 is 0 Å². The van der Waals surface area contributed by atoms with Crippen LogP contribution in [0, 0.1) is 0 Å². The highest BCUT2D eigenvalue weighted by atomic mass is 19.1. The molecular formula is C8H16FNO. The van der Waals surface area contributed by atoms with Gasteiger partial charge < -0.3 is 4.74 Å². The standard InChI is InChI=1S/C8H16FNO/c1-6-4-7(9)8(5-11-3)10(6)2/h6-8H,4-5H2,1-3H3/t6-,7-,8+/m1/s1. The smallest absolute Gasteiger partial charge is 0.119 e. The molecule has 1 heterocycles. The summed E-state index contributed by atoms with van der Waals surface area (Å²) in [7, 11) is 3.57. The van der Waals surface area contributed by atoms with Gasteiger partial charge in [0, 0.05) is 13.2 Å². The minimum absolute atomic E-state index is 0.0324. The van der Waals surface area contributed by atoms with Crippen molar-refractivity contribution in [1.82, 2.24) is 4.90 Å². The van der Waals surface area contributed by atoms with Crippen molar-refractivity contribution < 1.29 is 9.13 Å². The van der Waals surface area contributed by atoms with Gasteiger partial charge in [-0.3, -0.25) is 4.90 Å². The summed E-state index contributed by atoms with van der Waals surface area (Å²) >= 11 is 0. The Kier molecular flexibility index (Phi) is 2.84. The molecule has 1 rings (SSSR count). The molecule has 1 fully saturated rings. The Bertz CT molecular complexity index is 131. The Labute approximate surface area is 67.3 Å². The van der Waals surface area contributed by atoms with Gasteiger partial charge in [0.1, 0.15) is 6.17 Å². The summed E-state index contributed by atoms with van der Waals surface area (Å²) in [6.45, 7) is 2.55. The Balaban J connectivity index is 2.49. The summed E-state index contributed by atoms with van der Waals surface area (Å²) in [4.78, 5) is 2.05.